The van der Waals surface area contributed by atoms with Gasteiger partial charge in [-0.15, -0.1) is 21.5 Å². The molecule has 4 aromatic rings. The molecule has 11 nitrogen and oxygen atoms in total. The molecule has 1 N–H and O–H groups in total. The Labute approximate surface area is 290 Å². The molecule has 0 saturated carbocycles. The number of thiophene rings is 1. The van der Waals surface area contributed by atoms with Gasteiger partial charge < -0.3 is 29.0 Å². The van der Waals surface area contributed by atoms with Crippen molar-refractivity contribution in [2.24, 2.45) is 4.99 Å². The molecular weight excluding hydrogens is 654 g/mol. The van der Waals surface area contributed by atoms with Crippen LogP contribution in [0.3, 0.4) is 0 Å². The van der Waals surface area contributed by atoms with Crippen molar-refractivity contribution >= 4 is 40.2 Å². The fraction of sp³-hybridized carbons (Fsp3) is 0.429. The molecule has 5 rings (SSSR count). The molecule has 3 heterocycles. The van der Waals surface area contributed by atoms with E-state index in [0.29, 0.717) is 81.7 Å². The van der Waals surface area contributed by atoms with Crippen LogP contribution in [0, 0.1) is 20.8 Å². The van der Waals surface area contributed by atoms with Crippen LogP contribution in [0.5, 0.6) is 5.75 Å². The lowest BCUT2D eigenvalue weighted by Gasteiger charge is -2.13. The number of hydrogen-bond acceptors (Lipinski definition) is 10. The highest BCUT2D eigenvalue weighted by Crippen LogP contribution is 2.39. The molecule has 0 radical (unpaired) electrons. The predicted octanol–water partition coefficient (Wildman–Crippen LogP) is 6.29. The predicted molar refractivity (Wildman–Crippen MR) is 187 cm³/mol. The van der Waals surface area contributed by atoms with E-state index in [-0.39, 0.29) is 12.3 Å². The third-order valence-electron chi connectivity index (χ3n) is 7.69. The molecule has 0 aliphatic carbocycles. The summed E-state index contributed by atoms with van der Waals surface area (Å²) in [7, 11) is 0. The molecule has 1 aliphatic heterocycles. The summed E-state index contributed by atoms with van der Waals surface area (Å²) >= 11 is 7.89. The second-order valence-electron chi connectivity index (χ2n) is 11.1. The van der Waals surface area contributed by atoms with Gasteiger partial charge >= 0.3 is 0 Å². The zero-order chi connectivity index (χ0) is 33.9. The topological polar surface area (TPSA) is 118 Å². The van der Waals surface area contributed by atoms with Gasteiger partial charge in [-0.2, -0.15) is 0 Å². The van der Waals surface area contributed by atoms with Crippen molar-refractivity contribution in [3.8, 4) is 10.8 Å². The highest BCUT2D eigenvalue weighted by Gasteiger charge is 2.32. The van der Waals surface area contributed by atoms with E-state index in [4.69, 9.17) is 40.3 Å². The standard InChI is InChI=1S/C35H42ClN5O6S/c1-5-43-14-15-44-16-17-45-18-19-46-20-21-47-29-12-10-28(11-13-29)37-31(42)22-30-34-40-39-25(4)41(34)35-32(23(2)24(3)48-35)33(38-30)26-6-8-27(36)9-7-26/h6-13,30H,5,14-22H2,1-4H3,(H,37,42)/t30-/m0/s1. The van der Waals surface area contributed by atoms with Crippen LogP contribution in [0.1, 0.15) is 52.6 Å². The molecule has 1 amide bonds. The first kappa shape index (κ1) is 35.7. The van der Waals surface area contributed by atoms with E-state index in [9.17, 15) is 4.79 Å². The van der Waals surface area contributed by atoms with Gasteiger partial charge in [-0.25, -0.2) is 0 Å². The van der Waals surface area contributed by atoms with Crippen molar-refractivity contribution in [2.45, 2.75) is 40.2 Å². The number of halogens is 1. The summed E-state index contributed by atoms with van der Waals surface area (Å²) in [6, 6.07) is 14.3. The number of hydrogen-bond donors (Lipinski definition) is 1. The highest BCUT2D eigenvalue weighted by atomic mass is 35.5. The Kier molecular flexibility index (Phi) is 13.1. The van der Waals surface area contributed by atoms with Crippen LogP contribution in [0.4, 0.5) is 5.69 Å². The molecule has 2 aromatic heterocycles. The van der Waals surface area contributed by atoms with Gasteiger partial charge in [-0.3, -0.25) is 14.4 Å². The molecule has 2 aromatic carbocycles. The molecule has 48 heavy (non-hydrogen) atoms. The maximum absolute atomic E-state index is 13.4. The summed E-state index contributed by atoms with van der Waals surface area (Å²) in [6.45, 7) is 12.8. The maximum Gasteiger partial charge on any atom is 0.227 e. The molecule has 0 bridgehead atoms. The fourth-order valence-corrected chi connectivity index (χ4v) is 6.52. The Morgan fingerprint density at radius 1 is 0.854 bits per heavy atom. The second-order valence-corrected chi connectivity index (χ2v) is 12.7. The van der Waals surface area contributed by atoms with Crippen molar-refractivity contribution < 1.29 is 28.5 Å². The largest absolute Gasteiger partial charge is 0.491 e. The zero-order valence-electron chi connectivity index (χ0n) is 27.8. The van der Waals surface area contributed by atoms with E-state index in [1.54, 1.807) is 11.3 Å². The average Bonchev–Trinajstić information content (AvgIpc) is 3.56. The van der Waals surface area contributed by atoms with Crippen molar-refractivity contribution in [1.29, 1.82) is 0 Å². The molecule has 256 valence electrons. The smallest absolute Gasteiger partial charge is 0.227 e. The Hall–Kier alpha value is -3.65. The molecule has 0 saturated heterocycles. The Bertz CT molecular complexity index is 1670. The van der Waals surface area contributed by atoms with Crippen LogP contribution in [0.2, 0.25) is 5.02 Å². The number of aliphatic imine (C=N–C) groups is 1. The number of benzene rings is 2. The number of carbonyl (C=O) groups excluding carboxylic acids is 1. The first-order valence-corrected chi connectivity index (χ1v) is 17.2. The van der Waals surface area contributed by atoms with E-state index in [2.05, 4.69) is 29.4 Å². The monoisotopic (exact) mass is 695 g/mol. The number of rotatable bonds is 18. The van der Waals surface area contributed by atoms with Crippen LogP contribution in [0.15, 0.2) is 53.5 Å². The number of fused-ring (bicyclic) bond motifs is 3. The van der Waals surface area contributed by atoms with Crippen LogP contribution in [-0.4, -0.2) is 85.8 Å². The van der Waals surface area contributed by atoms with Gasteiger partial charge in [-0.05, 0) is 69.7 Å². The second kappa shape index (κ2) is 17.7. The Balaban J connectivity index is 1.14. The highest BCUT2D eigenvalue weighted by molar-refractivity contribution is 7.15. The van der Waals surface area contributed by atoms with E-state index >= 15 is 0 Å². The van der Waals surface area contributed by atoms with Crippen LogP contribution in [-0.2, 0) is 23.7 Å². The molecule has 0 unspecified atom stereocenters. The summed E-state index contributed by atoms with van der Waals surface area (Å²) in [5.74, 6) is 1.87. The lowest BCUT2D eigenvalue weighted by molar-refractivity contribution is -0.116. The Morgan fingerprint density at radius 2 is 1.48 bits per heavy atom. The minimum Gasteiger partial charge on any atom is -0.491 e. The lowest BCUT2D eigenvalue weighted by atomic mass is 9.99. The van der Waals surface area contributed by atoms with Crippen molar-refractivity contribution in [3.05, 3.63) is 86.8 Å². The fourth-order valence-electron chi connectivity index (χ4n) is 5.18. The van der Waals surface area contributed by atoms with Crippen LogP contribution >= 0.6 is 22.9 Å². The van der Waals surface area contributed by atoms with E-state index in [0.717, 1.165) is 33.2 Å². The molecule has 0 fully saturated rings. The molecule has 0 spiro atoms. The zero-order valence-corrected chi connectivity index (χ0v) is 29.4. The van der Waals surface area contributed by atoms with E-state index < -0.39 is 6.04 Å². The minimum absolute atomic E-state index is 0.0858. The van der Waals surface area contributed by atoms with Crippen molar-refractivity contribution in [2.75, 3.05) is 64.8 Å². The summed E-state index contributed by atoms with van der Waals surface area (Å²) in [4.78, 5) is 19.8. The normalized spacial score (nSPS) is 13.9. The van der Waals surface area contributed by atoms with Gasteiger partial charge in [0, 0.05) is 33.3 Å². The number of carbonyl (C=O) groups is 1. The summed E-state index contributed by atoms with van der Waals surface area (Å²) < 4.78 is 29.5. The first-order chi connectivity index (χ1) is 23.4. The summed E-state index contributed by atoms with van der Waals surface area (Å²) in [5.41, 5.74) is 4.55. The average molecular weight is 696 g/mol. The Morgan fingerprint density at radius 3 is 2.12 bits per heavy atom. The molecular formula is C35H42ClN5O6S. The number of amides is 1. The third kappa shape index (κ3) is 9.28. The van der Waals surface area contributed by atoms with Crippen molar-refractivity contribution in [1.82, 2.24) is 14.8 Å². The van der Waals surface area contributed by atoms with Gasteiger partial charge in [0.25, 0.3) is 0 Å². The minimum atomic E-state index is -0.553. The van der Waals surface area contributed by atoms with Gasteiger partial charge in [0.1, 0.15) is 29.2 Å². The number of nitrogens with one attached hydrogen (secondary N) is 1. The number of anilines is 1. The summed E-state index contributed by atoms with van der Waals surface area (Å²) in [6.07, 6.45) is 0.0858. The number of aromatic nitrogens is 3. The van der Waals surface area contributed by atoms with Crippen LogP contribution < -0.4 is 10.1 Å². The van der Waals surface area contributed by atoms with Gasteiger partial charge in [0.2, 0.25) is 5.91 Å². The van der Waals surface area contributed by atoms with Gasteiger partial charge in [-0.1, -0.05) is 23.7 Å². The third-order valence-corrected chi connectivity index (χ3v) is 9.13. The maximum atomic E-state index is 13.4. The molecule has 1 aliphatic rings. The lowest BCUT2D eigenvalue weighted by Crippen LogP contribution is -2.17. The van der Waals surface area contributed by atoms with E-state index in [1.165, 1.54) is 4.88 Å². The van der Waals surface area contributed by atoms with Crippen molar-refractivity contribution in [3.63, 3.8) is 0 Å². The summed E-state index contributed by atoms with van der Waals surface area (Å²) in [5, 5.41) is 13.5. The molecule has 1 atom stereocenters. The number of nitrogens with zero attached hydrogens (tertiary/aromatic N) is 4. The number of ether oxygens (including phenoxy) is 5. The number of aryl methyl sites for hydroxylation is 2. The SMILES string of the molecule is CCOCCOCCOCCOCCOc1ccc(NC(=O)C[C@@H]2N=C(c3ccc(Cl)cc3)c3c(sc(C)c3C)-n3c(C)nnc32)cc1. The first-order valence-electron chi connectivity index (χ1n) is 16.1. The molecule has 13 heteroatoms. The van der Waals surface area contributed by atoms with Gasteiger partial charge in [0.05, 0.1) is 58.4 Å². The van der Waals surface area contributed by atoms with E-state index in [1.807, 2.05) is 66.9 Å². The quantitative estimate of drug-likeness (QED) is 0.121. The van der Waals surface area contributed by atoms with Crippen LogP contribution in [0.25, 0.3) is 5.00 Å². The van der Waals surface area contributed by atoms with Gasteiger partial charge in [0.15, 0.2) is 5.82 Å².